The molecule has 0 atom stereocenters. The van der Waals surface area contributed by atoms with Crippen molar-refractivity contribution in [2.45, 2.75) is 18.0 Å². The number of hydrogen-bond acceptors (Lipinski definition) is 4. The van der Waals surface area contributed by atoms with Crippen LogP contribution in [0.4, 0.5) is 4.39 Å². The van der Waals surface area contributed by atoms with Crippen LogP contribution in [-0.2, 0) is 30.2 Å². The van der Waals surface area contributed by atoms with Crippen LogP contribution in [0.25, 0.3) is 0 Å². The predicted octanol–water partition coefficient (Wildman–Crippen LogP) is 0.872. The Bertz CT molecular complexity index is 743. The molecule has 0 aliphatic heterocycles. The zero-order valence-corrected chi connectivity index (χ0v) is 12.5. The molecule has 0 saturated heterocycles. The Kier molecular flexibility index (Phi) is 4.40. The monoisotopic (exact) mass is 313 g/mol. The summed E-state index contributed by atoms with van der Waals surface area (Å²) in [6.07, 6.45) is 3.30. The fourth-order valence-corrected chi connectivity index (χ4v) is 3.12. The van der Waals surface area contributed by atoms with Crippen molar-refractivity contribution in [1.29, 1.82) is 0 Å². The van der Waals surface area contributed by atoms with Gasteiger partial charge in [-0.2, -0.15) is 9.40 Å². The van der Waals surface area contributed by atoms with Gasteiger partial charge in [-0.25, -0.2) is 12.8 Å². The molecule has 0 radical (unpaired) electrons. The molecule has 1 aromatic carbocycles. The molecule has 2 rings (SSSR count). The van der Waals surface area contributed by atoms with Gasteiger partial charge in [0.25, 0.3) is 0 Å². The quantitative estimate of drug-likeness (QED) is 0.889. The molecule has 6 nitrogen and oxygen atoms in total. The van der Waals surface area contributed by atoms with Crippen LogP contribution in [0.1, 0.15) is 11.1 Å². The third-order valence-electron chi connectivity index (χ3n) is 3.06. The highest BCUT2D eigenvalue weighted by Gasteiger charge is 2.22. The van der Waals surface area contributed by atoms with Crippen molar-refractivity contribution in [1.82, 2.24) is 14.1 Å². The van der Waals surface area contributed by atoms with Crippen molar-refractivity contribution in [2.75, 3.05) is 7.05 Å². The molecule has 0 amide bonds. The van der Waals surface area contributed by atoms with Crippen molar-refractivity contribution in [3.8, 4) is 0 Å². The summed E-state index contributed by atoms with van der Waals surface area (Å²) >= 11 is 0. The molecule has 0 spiro atoms. The summed E-state index contributed by atoms with van der Waals surface area (Å²) in [6.45, 7) is -0.399. The van der Waals surface area contributed by atoms with Crippen LogP contribution in [0.3, 0.4) is 0 Å². The highest BCUT2D eigenvalue weighted by molar-refractivity contribution is 7.89. The van der Waals surface area contributed by atoms with Gasteiger partial charge < -0.3 is 5.11 Å². The van der Waals surface area contributed by atoms with E-state index in [2.05, 4.69) is 5.10 Å². The average Bonchev–Trinajstić information content (AvgIpc) is 2.84. The number of aromatic nitrogens is 2. The summed E-state index contributed by atoms with van der Waals surface area (Å²) < 4.78 is 40.9. The van der Waals surface area contributed by atoms with Crippen LogP contribution < -0.4 is 0 Å². The molecule has 0 aliphatic carbocycles. The molecular formula is C13H16FN3O3S. The second kappa shape index (κ2) is 5.92. The summed E-state index contributed by atoms with van der Waals surface area (Å²) in [5, 5.41) is 13.0. The van der Waals surface area contributed by atoms with Gasteiger partial charge in [-0.05, 0) is 18.2 Å². The van der Waals surface area contributed by atoms with Crippen molar-refractivity contribution in [3.63, 3.8) is 0 Å². The van der Waals surface area contributed by atoms with E-state index in [0.29, 0.717) is 0 Å². The Labute approximate surface area is 122 Å². The number of halogens is 1. The first kappa shape index (κ1) is 15.6. The van der Waals surface area contributed by atoms with Crippen LogP contribution in [0.15, 0.2) is 35.5 Å². The van der Waals surface area contributed by atoms with Gasteiger partial charge in [0.2, 0.25) is 10.0 Å². The maximum absolute atomic E-state index is 13.3. The molecular weight excluding hydrogens is 297 g/mol. The first-order valence-corrected chi connectivity index (χ1v) is 7.61. The van der Waals surface area contributed by atoms with Gasteiger partial charge in [-0.3, -0.25) is 4.68 Å². The first-order chi connectivity index (χ1) is 9.84. The van der Waals surface area contributed by atoms with Gasteiger partial charge in [0.05, 0.1) is 17.7 Å². The molecule has 0 saturated carbocycles. The molecule has 1 N–H and O–H groups in total. The number of benzene rings is 1. The number of nitrogens with zero attached hydrogens (tertiary/aromatic N) is 3. The summed E-state index contributed by atoms with van der Waals surface area (Å²) in [5.41, 5.74) is 0.693. The number of sulfonamides is 1. The van der Waals surface area contributed by atoms with Crippen LogP contribution in [0.2, 0.25) is 0 Å². The van der Waals surface area contributed by atoms with Crippen molar-refractivity contribution >= 4 is 10.0 Å². The molecule has 1 aromatic heterocycles. The molecule has 8 heteroatoms. The van der Waals surface area contributed by atoms with Crippen LogP contribution in [0.5, 0.6) is 0 Å². The Hall–Kier alpha value is -1.77. The molecule has 0 unspecified atom stereocenters. The Morgan fingerprint density at radius 2 is 2.14 bits per heavy atom. The lowest BCUT2D eigenvalue weighted by atomic mass is 10.2. The van der Waals surface area contributed by atoms with Gasteiger partial charge in [-0.15, -0.1) is 0 Å². The number of aryl methyl sites for hydroxylation is 1. The summed E-state index contributed by atoms with van der Waals surface area (Å²) in [6, 6.07) is 3.37. The minimum absolute atomic E-state index is 0.0501. The smallest absolute Gasteiger partial charge is 0.243 e. The highest BCUT2D eigenvalue weighted by Crippen LogP contribution is 2.19. The summed E-state index contributed by atoms with van der Waals surface area (Å²) in [7, 11) is -0.582. The zero-order chi connectivity index (χ0) is 15.6. The molecule has 0 bridgehead atoms. The van der Waals surface area contributed by atoms with Crippen LogP contribution in [0, 0.1) is 5.82 Å². The van der Waals surface area contributed by atoms with Gasteiger partial charge >= 0.3 is 0 Å². The number of rotatable bonds is 5. The van der Waals surface area contributed by atoms with E-state index in [9.17, 15) is 12.8 Å². The first-order valence-electron chi connectivity index (χ1n) is 6.17. The number of aliphatic hydroxyl groups excluding tert-OH is 1. The predicted molar refractivity (Wildman–Crippen MR) is 74.2 cm³/mol. The normalized spacial score (nSPS) is 12.0. The zero-order valence-electron chi connectivity index (χ0n) is 11.7. The Morgan fingerprint density at radius 3 is 2.71 bits per heavy atom. The van der Waals surface area contributed by atoms with Gasteiger partial charge in [0.1, 0.15) is 5.82 Å². The Morgan fingerprint density at radius 1 is 1.43 bits per heavy atom. The lowest BCUT2D eigenvalue weighted by Gasteiger charge is -2.17. The lowest BCUT2D eigenvalue weighted by Crippen LogP contribution is -2.26. The van der Waals surface area contributed by atoms with E-state index in [1.165, 1.54) is 13.1 Å². The van der Waals surface area contributed by atoms with E-state index in [1.54, 1.807) is 24.1 Å². The molecule has 2 aromatic rings. The van der Waals surface area contributed by atoms with E-state index in [1.807, 2.05) is 0 Å². The molecule has 1 heterocycles. The number of aliphatic hydroxyl groups is 1. The van der Waals surface area contributed by atoms with E-state index < -0.39 is 22.4 Å². The fraction of sp³-hybridized carbons (Fsp3) is 0.308. The second-order valence-corrected chi connectivity index (χ2v) is 6.74. The van der Waals surface area contributed by atoms with Crippen LogP contribution >= 0.6 is 0 Å². The topological polar surface area (TPSA) is 75.4 Å². The Balaban J connectivity index is 2.28. The molecule has 0 aliphatic rings. The molecule has 114 valence electrons. The largest absolute Gasteiger partial charge is 0.392 e. The second-order valence-electron chi connectivity index (χ2n) is 4.69. The average molecular weight is 313 g/mol. The minimum Gasteiger partial charge on any atom is -0.392 e. The lowest BCUT2D eigenvalue weighted by molar-refractivity contribution is 0.275. The van der Waals surface area contributed by atoms with Gasteiger partial charge in [0, 0.05) is 38.0 Å². The van der Waals surface area contributed by atoms with E-state index in [-0.39, 0.29) is 17.0 Å². The van der Waals surface area contributed by atoms with Crippen LogP contribution in [-0.4, -0.2) is 34.7 Å². The maximum Gasteiger partial charge on any atom is 0.243 e. The fourth-order valence-electron chi connectivity index (χ4n) is 1.91. The SMILES string of the molecule is CN(Cc1cnn(C)c1)S(=O)(=O)c1ccc(F)c(CO)c1. The maximum atomic E-state index is 13.3. The third kappa shape index (κ3) is 3.29. The third-order valence-corrected chi connectivity index (χ3v) is 4.86. The highest BCUT2D eigenvalue weighted by atomic mass is 32.2. The standard InChI is InChI=1S/C13H16FN3O3S/c1-16-7-10(6-15-16)8-17(2)21(19,20)12-3-4-13(14)11(5-12)9-18/h3-7,18H,8-9H2,1-2H3. The van der Waals surface area contributed by atoms with E-state index >= 15 is 0 Å². The minimum atomic E-state index is -3.76. The van der Waals surface area contributed by atoms with E-state index in [4.69, 9.17) is 5.11 Å². The van der Waals surface area contributed by atoms with Crippen molar-refractivity contribution in [2.24, 2.45) is 7.05 Å². The van der Waals surface area contributed by atoms with Crippen molar-refractivity contribution in [3.05, 3.63) is 47.5 Å². The van der Waals surface area contributed by atoms with E-state index in [0.717, 1.165) is 22.0 Å². The molecule has 0 fully saturated rings. The number of hydrogen-bond donors (Lipinski definition) is 1. The van der Waals surface area contributed by atoms with Crippen molar-refractivity contribution < 1.29 is 17.9 Å². The summed E-state index contributed by atoms with van der Waals surface area (Å²) in [4.78, 5) is -0.0562. The van der Waals surface area contributed by atoms with Gasteiger partial charge in [0.15, 0.2) is 0 Å². The van der Waals surface area contributed by atoms with Gasteiger partial charge in [-0.1, -0.05) is 0 Å². The molecule has 21 heavy (non-hydrogen) atoms. The summed E-state index contributed by atoms with van der Waals surface area (Å²) in [5.74, 6) is -0.633.